The van der Waals surface area contributed by atoms with Crippen LogP contribution in [0.2, 0.25) is 0 Å². The lowest BCUT2D eigenvalue weighted by Crippen LogP contribution is -2.47. The Morgan fingerprint density at radius 2 is 2.06 bits per heavy atom. The highest BCUT2D eigenvalue weighted by molar-refractivity contribution is 9.10. The van der Waals surface area contributed by atoms with Crippen molar-refractivity contribution in [1.29, 1.82) is 0 Å². The van der Waals surface area contributed by atoms with E-state index in [9.17, 15) is 9.90 Å². The van der Waals surface area contributed by atoms with Gasteiger partial charge in [0.25, 0.3) is 0 Å². The third-order valence-electron chi connectivity index (χ3n) is 3.18. The molecule has 2 rings (SSSR count). The molecule has 5 nitrogen and oxygen atoms in total. The molecule has 1 saturated heterocycles. The number of halogens is 1. The maximum atomic E-state index is 11.5. The van der Waals surface area contributed by atoms with E-state index < -0.39 is 12.0 Å². The molecule has 2 heterocycles. The monoisotopic (exact) mass is 313 g/mol. The molecule has 0 bridgehead atoms. The number of piperazine rings is 1. The smallest absolute Gasteiger partial charge is 0.325 e. The SMILES string of the molecule is CN1CCN(C(C(=O)O)c2cncc(Br)c2)CC1. The van der Waals surface area contributed by atoms with Gasteiger partial charge in [-0.15, -0.1) is 0 Å². The van der Waals surface area contributed by atoms with Crippen molar-refractivity contribution in [1.82, 2.24) is 14.8 Å². The lowest BCUT2D eigenvalue weighted by molar-refractivity contribution is -0.144. The number of nitrogens with zero attached hydrogens (tertiary/aromatic N) is 3. The Labute approximate surface area is 115 Å². The van der Waals surface area contributed by atoms with Gasteiger partial charge in [-0.1, -0.05) is 0 Å². The summed E-state index contributed by atoms with van der Waals surface area (Å²) in [6.45, 7) is 3.32. The molecule has 1 aromatic rings. The zero-order chi connectivity index (χ0) is 13.1. The van der Waals surface area contributed by atoms with Crippen LogP contribution in [0, 0.1) is 0 Å². The van der Waals surface area contributed by atoms with Gasteiger partial charge < -0.3 is 10.0 Å². The van der Waals surface area contributed by atoms with Crippen molar-refractivity contribution in [2.45, 2.75) is 6.04 Å². The lowest BCUT2D eigenvalue weighted by Gasteiger charge is -2.36. The van der Waals surface area contributed by atoms with Crippen LogP contribution < -0.4 is 0 Å². The summed E-state index contributed by atoms with van der Waals surface area (Å²) in [6.07, 6.45) is 3.29. The minimum Gasteiger partial charge on any atom is -0.480 e. The maximum Gasteiger partial charge on any atom is 0.325 e. The van der Waals surface area contributed by atoms with E-state index >= 15 is 0 Å². The van der Waals surface area contributed by atoms with Gasteiger partial charge in [0.2, 0.25) is 0 Å². The molecule has 0 aliphatic carbocycles. The van der Waals surface area contributed by atoms with Gasteiger partial charge in [0.15, 0.2) is 0 Å². The van der Waals surface area contributed by atoms with Gasteiger partial charge in [-0.05, 0) is 34.6 Å². The molecular formula is C12H16BrN3O2. The Kier molecular flexibility index (Phi) is 4.31. The number of carboxylic acids is 1. The van der Waals surface area contributed by atoms with E-state index in [0.717, 1.165) is 36.2 Å². The molecule has 0 amide bonds. The Morgan fingerprint density at radius 1 is 1.39 bits per heavy atom. The summed E-state index contributed by atoms with van der Waals surface area (Å²) in [6, 6.07) is 1.22. The van der Waals surface area contributed by atoms with E-state index in [1.54, 1.807) is 12.4 Å². The highest BCUT2D eigenvalue weighted by atomic mass is 79.9. The second-order valence-corrected chi connectivity index (χ2v) is 5.43. The van der Waals surface area contributed by atoms with Crippen molar-refractivity contribution in [2.75, 3.05) is 33.2 Å². The van der Waals surface area contributed by atoms with Crippen LogP contribution in [0.4, 0.5) is 0 Å². The summed E-state index contributed by atoms with van der Waals surface area (Å²) in [5.74, 6) is -0.820. The van der Waals surface area contributed by atoms with Gasteiger partial charge in [0.1, 0.15) is 6.04 Å². The molecule has 18 heavy (non-hydrogen) atoms. The first-order chi connectivity index (χ1) is 8.58. The molecule has 1 N–H and O–H groups in total. The topological polar surface area (TPSA) is 56.7 Å². The molecule has 0 saturated carbocycles. The highest BCUT2D eigenvalue weighted by Crippen LogP contribution is 2.24. The van der Waals surface area contributed by atoms with Crippen molar-refractivity contribution in [3.63, 3.8) is 0 Å². The molecular weight excluding hydrogens is 298 g/mol. The van der Waals surface area contributed by atoms with Crippen molar-refractivity contribution < 1.29 is 9.90 Å². The van der Waals surface area contributed by atoms with E-state index in [1.807, 2.05) is 18.0 Å². The summed E-state index contributed by atoms with van der Waals surface area (Å²) in [5, 5.41) is 9.44. The second kappa shape index (κ2) is 5.77. The maximum absolute atomic E-state index is 11.5. The third kappa shape index (κ3) is 3.07. The first-order valence-corrected chi connectivity index (χ1v) is 6.63. The molecule has 0 spiro atoms. The number of rotatable bonds is 3. The fraction of sp³-hybridized carbons (Fsp3) is 0.500. The van der Waals surface area contributed by atoms with Crippen LogP contribution in [0.25, 0.3) is 0 Å². The summed E-state index contributed by atoms with van der Waals surface area (Å²) < 4.78 is 0.806. The fourth-order valence-corrected chi connectivity index (χ4v) is 2.55. The first kappa shape index (κ1) is 13.5. The number of likely N-dealkylation sites (N-methyl/N-ethyl adjacent to an activating group) is 1. The summed E-state index contributed by atoms with van der Waals surface area (Å²) in [7, 11) is 2.05. The van der Waals surface area contributed by atoms with Crippen LogP contribution in [-0.2, 0) is 4.79 Å². The highest BCUT2D eigenvalue weighted by Gasteiger charge is 2.29. The Bertz CT molecular complexity index is 433. The van der Waals surface area contributed by atoms with E-state index in [-0.39, 0.29) is 0 Å². The molecule has 1 fully saturated rings. The number of carbonyl (C=O) groups is 1. The number of pyridine rings is 1. The summed E-state index contributed by atoms with van der Waals surface area (Å²) >= 11 is 3.33. The molecule has 98 valence electrons. The largest absolute Gasteiger partial charge is 0.480 e. The van der Waals surface area contributed by atoms with E-state index in [1.165, 1.54) is 0 Å². The van der Waals surface area contributed by atoms with Gasteiger partial charge >= 0.3 is 5.97 Å². The zero-order valence-corrected chi connectivity index (χ0v) is 11.8. The number of hydrogen-bond acceptors (Lipinski definition) is 4. The van der Waals surface area contributed by atoms with Crippen molar-refractivity contribution in [3.05, 3.63) is 28.5 Å². The zero-order valence-electron chi connectivity index (χ0n) is 10.2. The molecule has 6 heteroatoms. The van der Waals surface area contributed by atoms with Crippen LogP contribution in [0.3, 0.4) is 0 Å². The first-order valence-electron chi connectivity index (χ1n) is 5.84. The summed E-state index contributed by atoms with van der Waals surface area (Å²) in [5.41, 5.74) is 0.724. The van der Waals surface area contributed by atoms with Crippen LogP contribution in [0.15, 0.2) is 22.9 Å². The Balaban J connectivity index is 2.21. The van der Waals surface area contributed by atoms with Gasteiger partial charge in [0.05, 0.1) is 0 Å². The van der Waals surface area contributed by atoms with Gasteiger partial charge in [-0.2, -0.15) is 0 Å². The number of aromatic nitrogens is 1. The quantitative estimate of drug-likeness (QED) is 0.909. The second-order valence-electron chi connectivity index (χ2n) is 4.52. The van der Waals surface area contributed by atoms with Gasteiger partial charge in [-0.25, -0.2) is 0 Å². The molecule has 1 aliphatic heterocycles. The van der Waals surface area contributed by atoms with Crippen LogP contribution >= 0.6 is 15.9 Å². The van der Waals surface area contributed by atoms with Crippen LogP contribution in [0.1, 0.15) is 11.6 Å². The minimum atomic E-state index is -0.820. The van der Waals surface area contributed by atoms with E-state index in [4.69, 9.17) is 0 Å². The normalized spacial score (nSPS) is 19.7. The predicted molar refractivity (Wildman–Crippen MR) is 71.4 cm³/mol. The van der Waals surface area contributed by atoms with Crippen molar-refractivity contribution in [3.8, 4) is 0 Å². The van der Waals surface area contributed by atoms with Crippen molar-refractivity contribution >= 4 is 21.9 Å². The average Bonchev–Trinajstić information content (AvgIpc) is 2.32. The number of carboxylic acid groups (broad SMARTS) is 1. The molecule has 1 aliphatic rings. The standard InChI is InChI=1S/C12H16BrN3O2/c1-15-2-4-16(5-3-15)11(12(17)18)9-6-10(13)8-14-7-9/h6-8,11H,2-5H2,1H3,(H,17,18). The minimum absolute atomic E-state index is 0.608. The van der Waals surface area contributed by atoms with E-state index in [2.05, 4.69) is 25.8 Å². The number of aliphatic carboxylic acids is 1. The van der Waals surface area contributed by atoms with Crippen LogP contribution in [0.5, 0.6) is 0 Å². The lowest BCUT2D eigenvalue weighted by atomic mass is 10.1. The van der Waals surface area contributed by atoms with Gasteiger partial charge in [0, 0.05) is 43.0 Å². The van der Waals surface area contributed by atoms with Crippen molar-refractivity contribution in [2.24, 2.45) is 0 Å². The Hall–Kier alpha value is -0.980. The van der Waals surface area contributed by atoms with Gasteiger partial charge in [-0.3, -0.25) is 14.7 Å². The summed E-state index contributed by atoms with van der Waals surface area (Å²) in [4.78, 5) is 19.7. The predicted octanol–water partition coefficient (Wildman–Crippen LogP) is 1.22. The Morgan fingerprint density at radius 3 is 2.61 bits per heavy atom. The van der Waals surface area contributed by atoms with E-state index in [0.29, 0.717) is 0 Å². The fourth-order valence-electron chi connectivity index (χ4n) is 2.17. The number of hydrogen-bond donors (Lipinski definition) is 1. The van der Waals surface area contributed by atoms with Crippen LogP contribution in [-0.4, -0.2) is 59.1 Å². The molecule has 1 aromatic heterocycles. The molecule has 0 aromatic carbocycles. The molecule has 1 atom stereocenters. The average molecular weight is 314 g/mol. The molecule has 1 unspecified atom stereocenters. The third-order valence-corrected chi connectivity index (χ3v) is 3.61. The molecule has 0 radical (unpaired) electrons.